The number of carbonyl (C=O) groups is 2. The number of halogens is 2. The van der Waals surface area contributed by atoms with Crippen molar-refractivity contribution in [3.63, 3.8) is 0 Å². The molecule has 0 atom stereocenters. The molecule has 0 amide bonds. The van der Waals surface area contributed by atoms with Crippen LogP contribution in [0.1, 0.15) is 21.0 Å². The summed E-state index contributed by atoms with van der Waals surface area (Å²) in [4.78, 5) is 21.9. The Morgan fingerprint density at radius 1 is 0.958 bits per heavy atom. The zero-order chi connectivity index (χ0) is 16.4. The van der Waals surface area contributed by atoms with Gasteiger partial charge in [0.05, 0.1) is 14.1 Å². The first-order chi connectivity index (χ1) is 10.3. The quantitative estimate of drug-likeness (QED) is 0.364. The summed E-state index contributed by atoms with van der Waals surface area (Å²) in [7, 11) is 3.18. The zero-order valence-corrected chi connectivity index (χ0v) is 16.2. The molecule has 0 saturated heterocycles. The lowest BCUT2D eigenvalue weighted by atomic mass is 10.3. The predicted molar refractivity (Wildman–Crippen MR) is 71.1 cm³/mol. The second-order valence-corrected chi connectivity index (χ2v) is 4.96. The molecular formula is C13H18Br2N4O5. The van der Waals surface area contributed by atoms with Crippen molar-refractivity contribution >= 4 is 11.9 Å². The summed E-state index contributed by atoms with van der Waals surface area (Å²) < 4.78 is 6.03. The van der Waals surface area contributed by atoms with E-state index in [4.69, 9.17) is 10.2 Å². The lowest BCUT2D eigenvalue weighted by molar-refractivity contribution is -0.808. The third-order valence-electron chi connectivity index (χ3n) is 3.51. The maximum atomic E-state index is 11.0. The number of rotatable bonds is 6. The Morgan fingerprint density at radius 2 is 1.29 bits per heavy atom. The van der Waals surface area contributed by atoms with Gasteiger partial charge in [0.25, 0.3) is 0 Å². The van der Waals surface area contributed by atoms with Crippen LogP contribution in [0.25, 0.3) is 0 Å². The van der Waals surface area contributed by atoms with Crippen molar-refractivity contribution in [1.82, 2.24) is 9.36 Å². The molecule has 0 spiro atoms. The maximum absolute atomic E-state index is 11.0. The number of aliphatic hydroxyl groups excluding tert-OH is 1. The number of hydrogen-bond acceptors (Lipinski definition) is 3. The second-order valence-electron chi connectivity index (χ2n) is 4.96. The van der Waals surface area contributed by atoms with Gasteiger partial charge >= 0.3 is 11.9 Å². The SMILES string of the molecule is Cn1c(C(=O)O)cc[n+]1CC(O)C[n+]1ccc(C(=O)O)n1C.[Br-].[Br-]. The van der Waals surface area contributed by atoms with Gasteiger partial charge in [0.2, 0.25) is 13.1 Å². The molecule has 2 aromatic rings. The van der Waals surface area contributed by atoms with Gasteiger partial charge in [0.1, 0.15) is 0 Å². The van der Waals surface area contributed by atoms with Crippen LogP contribution in [0.4, 0.5) is 0 Å². The second kappa shape index (κ2) is 8.94. The van der Waals surface area contributed by atoms with E-state index in [1.165, 1.54) is 21.5 Å². The van der Waals surface area contributed by atoms with Crippen LogP contribution in [0, 0.1) is 0 Å². The van der Waals surface area contributed by atoms with Crippen LogP contribution in [0.5, 0.6) is 0 Å². The van der Waals surface area contributed by atoms with Gasteiger partial charge < -0.3 is 49.3 Å². The highest BCUT2D eigenvalue weighted by molar-refractivity contribution is 5.85. The molecule has 11 heteroatoms. The summed E-state index contributed by atoms with van der Waals surface area (Å²) in [6.07, 6.45) is 2.34. The van der Waals surface area contributed by atoms with Gasteiger partial charge in [-0.25, -0.2) is 9.59 Å². The van der Waals surface area contributed by atoms with E-state index in [0.29, 0.717) is 0 Å². The standard InChI is InChI=1S/C13H16N4O5.2BrH/c1-14-10(12(19)20)3-5-16(14)7-9(18)8-17-6-4-11(13(21)22)15(17)2;;/h3-6,9,18H,7-8H2,1-2H3;2*1H. The van der Waals surface area contributed by atoms with Crippen LogP contribution in [-0.4, -0.2) is 42.7 Å². The molecule has 2 rings (SSSR count). The average molecular weight is 470 g/mol. The van der Waals surface area contributed by atoms with Crippen molar-refractivity contribution in [2.45, 2.75) is 19.2 Å². The van der Waals surface area contributed by atoms with E-state index in [9.17, 15) is 14.7 Å². The van der Waals surface area contributed by atoms with Crippen LogP contribution < -0.4 is 43.3 Å². The first kappa shape index (κ1) is 22.3. The molecule has 134 valence electrons. The number of aromatic carboxylic acids is 2. The van der Waals surface area contributed by atoms with Gasteiger partial charge in [0.15, 0.2) is 29.9 Å². The largest absolute Gasteiger partial charge is 1.00 e. The van der Waals surface area contributed by atoms with E-state index in [2.05, 4.69) is 0 Å². The Morgan fingerprint density at radius 3 is 1.54 bits per heavy atom. The highest BCUT2D eigenvalue weighted by Gasteiger charge is 2.25. The molecular weight excluding hydrogens is 452 g/mol. The molecule has 9 nitrogen and oxygen atoms in total. The molecule has 0 radical (unpaired) electrons. The van der Waals surface area contributed by atoms with Crippen molar-refractivity contribution in [2.75, 3.05) is 0 Å². The minimum absolute atomic E-state index is 0. The minimum Gasteiger partial charge on any atom is -1.00 e. The Bertz CT molecular complexity index is 668. The van der Waals surface area contributed by atoms with Crippen LogP contribution in [0.3, 0.4) is 0 Å². The highest BCUT2D eigenvalue weighted by Crippen LogP contribution is 1.97. The maximum Gasteiger partial charge on any atom is 0.358 e. The predicted octanol–water partition coefficient (Wildman–Crippen LogP) is -7.60. The van der Waals surface area contributed by atoms with Gasteiger partial charge in [-0.2, -0.15) is 0 Å². The Labute approximate surface area is 158 Å². The van der Waals surface area contributed by atoms with Crippen molar-refractivity contribution in [3.8, 4) is 0 Å². The molecule has 24 heavy (non-hydrogen) atoms. The molecule has 0 saturated carbocycles. The Hall–Kier alpha value is -1.72. The van der Waals surface area contributed by atoms with Crippen molar-refractivity contribution < 1.29 is 68.2 Å². The first-order valence-electron chi connectivity index (χ1n) is 6.56. The molecule has 0 unspecified atom stereocenters. The van der Waals surface area contributed by atoms with Gasteiger partial charge in [0, 0.05) is 12.1 Å². The molecule has 3 N–H and O–H groups in total. The van der Waals surface area contributed by atoms with E-state index in [1.54, 1.807) is 35.9 Å². The van der Waals surface area contributed by atoms with Gasteiger partial charge in [-0.15, -0.1) is 18.7 Å². The average Bonchev–Trinajstić information content (AvgIpc) is 2.95. The fourth-order valence-corrected chi connectivity index (χ4v) is 2.28. The van der Waals surface area contributed by atoms with Gasteiger partial charge in [-0.05, 0) is 0 Å². The molecule has 0 aliphatic carbocycles. The lowest BCUT2D eigenvalue weighted by Gasteiger charge is -2.05. The number of hydrogen-bond donors (Lipinski definition) is 3. The van der Waals surface area contributed by atoms with Gasteiger partial charge in [-0.3, -0.25) is 0 Å². The van der Waals surface area contributed by atoms with Crippen LogP contribution >= 0.6 is 0 Å². The van der Waals surface area contributed by atoms with E-state index in [-0.39, 0.29) is 58.4 Å². The summed E-state index contributed by atoms with van der Waals surface area (Å²) in [5.74, 6) is -2.09. The molecule has 2 heterocycles. The topological polar surface area (TPSA) is 112 Å². The number of aliphatic hydroxyl groups is 1. The summed E-state index contributed by atoms with van der Waals surface area (Å²) in [6.45, 7) is 0.370. The van der Waals surface area contributed by atoms with E-state index in [0.717, 1.165) is 0 Å². The van der Waals surface area contributed by atoms with Crippen LogP contribution in [-0.2, 0) is 27.2 Å². The van der Waals surface area contributed by atoms with Crippen LogP contribution in [0.15, 0.2) is 24.5 Å². The minimum atomic E-state index is -1.04. The third kappa shape index (κ3) is 4.65. The van der Waals surface area contributed by atoms with Crippen molar-refractivity contribution in [2.24, 2.45) is 14.1 Å². The number of aromatic nitrogens is 4. The zero-order valence-electron chi connectivity index (χ0n) is 13.0. The van der Waals surface area contributed by atoms with E-state index in [1.807, 2.05) is 0 Å². The normalized spacial score (nSPS) is 10.2. The molecule has 0 fully saturated rings. The fraction of sp³-hybridized carbons (Fsp3) is 0.385. The van der Waals surface area contributed by atoms with E-state index >= 15 is 0 Å². The molecule has 2 aromatic heterocycles. The molecule has 0 aliphatic heterocycles. The summed E-state index contributed by atoms with van der Waals surface area (Å²) in [6, 6.07) is 2.90. The summed E-state index contributed by atoms with van der Waals surface area (Å²) >= 11 is 0. The summed E-state index contributed by atoms with van der Waals surface area (Å²) in [5.41, 5.74) is 0.235. The Balaban J connectivity index is 0.00000264. The fourth-order valence-electron chi connectivity index (χ4n) is 2.28. The molecule has 0 aromatic carbocycles. The first-order valence-corrected chi connectivity index (χ1v) is 6.56. The monoisotopic (exact) mass is 468 g/mol. The van der Waals surface area contributed by atoms with Crippen molar-refractivity contribution in [1.29, 1.82) is 0 Å². The number of carboxylic acids is 2. The third-order valence-corrected chi connectivity index (χ3v) is 3.51. The molecule has 0 aliphatic rings. The van der Waals surface area contributed by atoms with Crippen LogP contribution in [0.2, 0.25) is 0 Å². The summed E-state index contributed by atoms with van der Waals surface area (Å²) in [5, 5.41) is 28.1. The smallest absolute Gasteiger partial charge is 0.358 e. The lowest BCUT2D eigenvalue weighted by Crippen LogP contribution is -3.00. The van der Waals surface area contributed by atoms with E-state index < -0.39 is 18.0 Å². The number of carboxylic acid groups (broad SMARTS) is 2. The Kier molecular flexibility index (Phi) is 8.30. The highest BCUT2D eigenvalue weighted by atomic mass is 79.9. The van der Waals surface area contributed by atoms with Crippen molar-refractivity contribution in [3.05, 3.63) is 35.9 Å². The molecule has 0 bridgehead atoms. The number of nitrogens with zero attached hydrogens (tertiary/aromatic N) is 4. The van der Waals surface area contributed by atoms with Gasteiger partial charge in [-0.1, -0.05) is 0 Å².